The van der Waals surface area contributed by atoms with Crippen LogP contribution in [0.25, 0.3) is 20.8 Å². The number of carboxylic acid groups (broad SMARTS) is 1. The molecule has 0 bridgehead atoms. The van der Waals surface area contributed by atoms with Gasteiger partial charge in [-0.1, -0.05) is 0 Å². The van der Waals surface area contributed by atoms with E-state index in [4.69, 9.17) is 9.72 Å². The molecule has 4 rings (SSSR count). The second kappa shape index (κ2) is 6.34. The molecule has 0 saturated heterocycles. The Balaban J connectivity index is 1.73. The highest BCUT2D eigenvalue weighted by Crippen LogP contribution is 2.37. The molecule has 0 saturated carbocycles. The lowest BCUT2D eigenvalue weighted by Crippen LogP contribution is -2.38. The van der Waals surface area contributed by atoms with Gasteiger partial charge in [0.15, 0.2) is 5.60 Å². The number of thiazole rings is 1. The van der Waals surface area contributed by atoms with Crippen molar-refractivity contribution in [2.24, 2.45) is 0 Å². The van der Waals surface area contributed by atoms with Crippen LogP contribution in [0.4, 0.5) is 0 Å². The minimum Gasteiger partial charge on any atom is -0.478 e. The molecular weight excluding hydrogens is 358 g/mol. The predicted molar refractivity (Wildman–Crippen MR) is 109 cm³/mol. The molecule has 1 N–H and O–H groups in total. The first kappa shape index (κ1) is 18.0. The lowest BCUT2D eigenvalue weighted by atomic mass is 10.0. The number of aryl methyl sites for hydroxylation is 4. The summed E-state index contributed by atoms with van der Waals surface area (Å²) in [6.45, 7) is 7.03. The van der Waals surface area contributed by atoms with Crippen molar-refractivity contribution in [3.63, 3.8) is 0 Å². The Morgan fingerprint density at radius 3 is 2.37 bits per heavy atom. The Bertz CT molecular complexity index is 1000. The number of hydrogen-bond acceptors (Lipinski definition) is 4. The van der Waals surface area contributed by atoms with Crippen molar-refractivity contribution in [2.45, 2.75) is 52.6 Å². The van der Waals surface area contributed by atoms with E-state index in [0.717, 1.165) is 33.6 Å². The fraction of sp³-hybridized carbons (Fsp3) is 0.364. The molecule has 0 spiro atoms. The van der Waals surface area contributed by atoms with Crippen LogP contribution < -0.4 is 4.74 Å². The number of ether oxygens (including phenoxy) is 1. The molecule has 0 amide bonds. The number of carboxylic acids is 1. The maximum Gasteiger partial charge on any atom is 0.347 e. The number of fused-ring (bicyclic) bond motifs is 2. The number of aromatic nitrogens is 1. The molecular formula is C22H23NO3S. The summed E-state index contributed by atoms with van der Waals surface area (Å²) in [6.07, 6.45) is 3.57. The maximum absolute atomic E-state index is 11.4. The van der Waals surface area contributed by atoms with Gasteiger partial charge in [-0.3, -0.25) is 0 Å². The SMILES string of the molecule is Cc1cc(-c2nc3cc4c(cc3s2)CCC4)cc(C)c1OC(C)(C)C(=O)O. The van der Waals surface area contributed by atoms with Crippen LogP contribution in [0.1, 0.15) is 42.5 Å². The topological polar surface area (TPSA) is 59.4 Å². The molecule has 0 radical (unpaired) electrons. The summed E-state index contributed by atoms with van der Waals surface area (Å²) in [5.41, 5.74) is 5.58. The van der Waals surface area contributed by atoms with Gasteiger partial charge in [-0.05, 0) is 93.5 Å². The largest absolute Gasteiger partial charge is 0.478 e. The Labute approximate surface area is 162 Å². The summed E-state index contributed by atoms with van der Waals surface area (Å²) in [7, 11) is 0. The van der Waals surface area contributed by atoms with Gasteiger partial charge in [0.25, 0.3) is 0 Å². The second-order valence-corrected chi connectivity index (χ2v) is 8.85. The van der Waals surface area contributed by atoms with Crippen LogP contribution in [-0.4, -0.2) is 21.7 Å². The normalized spacial score (nSPS) is 13.8. The average molecular weight is 381 g/mol. The third-order valence-corrected chi connectivity index (χ3v) is 6.25. The number of aliphatic carboxylic acids is 1. The van der Waals surface area contributed by atoms with Crippen molar-refractivity contribution in [3.05, 3.63) is 46.5 Å². The van der Waals surface area contributed by atoms with Gasteiger partial charge in [-0.15, -0.1) is 11.3 Å². The molecule has 5 heteroatoms. The molecule has 1 aliphatic carbocycles. The lowest BCUT2D eigenvalue weighted by Gasteiger charge is -2.24. The van der Waals surface area contributed by atoms with Crippen LogP contribution in [0, 0.1) is 13.8 Å². The standard InChI is InChI=1S/C22H23NO3S/c1-12-8-16(9-13(2)19(12)26-22(3,4)21(24)25)20-23-17-10-14-6-5-7-15(14)11-18(17)27-20/h8-11H,5-7H2,1-4H3,(H,24,25). The van der Waals surface area contributed by atoms with Crippen molar-refractivity contribution in [1.29, 1.82) is 0 Å². The number of carbonyl (C=O) groups is 1. The van der Waals surface area contributed by atoms with E-state index in [9.17, 15) is 9.90 Å². The van der Waals surface area contributed by atoms with E-state index < -0.39 is 11.6 Å². The molecule has 0 atom stereocenters. The van der Waals surface area contributed by atoms with E-state index in [2.05, 4.69) is 12.1 Å². The molecule has 1 aliphatic rings. The third-order valence-electron chi connectivity index (χ3n) is 5.18. The molecule has 1 heterocycles. The molecule has 0 aliphatic heterocycles. The Morgan fingerprint density at radius 2 is 1.74 bits per heavy atom. The molecule has 1 aromatic heterocycles. The highest BCUT2D eigenvalue weighted by atomic mass is 32.1. The molecule has 3 aromatic rings. The van der Waals surface area contributed by atoms with Gasteiger partial charge < -0.3 is 9.84 Å². The van der Waals surface area contributed by atoms with Crippen LogP contribution in [0.2, 0.25) is 0 Å². The number of nitrogens with zero attached hydrogens (tertiary/aromatic N) is 1. The van der Waals surface area contributed by atoms with E-state index in [1.807, 2.05) is 26.0 Å². The average Bonchev–Trinajstić information content (AvgIpc) is 3.21. The molecule has 0 unspecified atom stereocenters. The summed E-state index contributed by atoms with van der Waals surface area (Å²) in [5, 5.41) is 10.3. The summed E-state index contributed by atoms with van der Waals surface area (Å²) in [4.78, 5) is 16.2. The van der Waals surface area contributed by atoms with Crippen molar-refractivity contribution in [3.8, 4) is 16.3 Å². The molecule has 2 aromatic carbocycles. The summed E-state index contributed by atoms with van der Waals surface area (Å²) >= 11 is 1.71. The van der Waals surface area contributed by atoms with Crippen LogP contribution >= 0.6 is 11.3 Å². The number of benzene rings is 2. The van der Waals surface area contributed by atoms with Crippen LogP contribution in [0.15, 0.2) is 24.3 Å². The maximum atomic E-state index is 11.4. The smallest absolute Gasteiger partial charge is 0.347 e. The van der Waals surface area contributed by atoms with E-state index in [1.165, 1.54) is 28.7 Å². The van der Waals surface area contributed by atoms with E-state index in [-0.39, 0.29) is 0 Å². The Hall–Kier alpha value is -2.40. The van der Waals surface area contributed by atoms with Crippen molar-refractivity contribution >= 4 is 27.5 Å². The quantitative estimate of drug-likeness (QED) is 0.665. The minimum atomic E-state index is -1.27. The fourth-order valence-corrected chi connectivity index (χ4v) is 4.65. The lowest BCUT2D eigenvalue weighted by molar-refractivity contribution is -0.152. The number of hydrogen-bond donors (Lipinski definition) is 1. The van der Waals surface area contributed by atoms with Gasteiger partial charge in [0.1, 0.15) is 10.8 Å². The van der Waals surface area contributed by atoms with E-state index in [1.54, 1.807) is 25.2 Å². The Kier molecular flexibility index (Phi) is 4.22. The van der Waals surface area contributed by atoms with Gasteiger partial charge in [0.2, 0.25) is 0 Å². The molecule has 4 nitrogen and oxygen atoms in total. The molecule has 27 heavy (non-hydrogen) atoms. The predicted octanol–water partition coefficient (Wildman–Crippen LogP) is 5.31. The first-order valence-electron chi connectivity index (χ1n) is 9.21. The first-order valence-corrected chi connectivity index (χ1v) is 10.0. The van der Waals surface area contributed by atoms with Crippen LogP contribution in [0.5, 0.6) is 5.75 Å². The fourth-order valence-electron chi connectivity index (χ4n) is 3.65. The van der Waals surface area contributed by atoms with Crippen molar-refractivity contribution in [2.75, 3.05) is 0 Å². The monoisotopic (exact) mass is 381 g/mol. The Morgan fingerprint density at radius 1 is 1.11 bits per heavy atom. The second-order valence-electron chi connectivity index (χ2n) is 7.82. The van der Waals surface area contributed by atoms with Gasteiger partial charge >= 0.3 is 5.97 Å². The zero-order chi connectivity index (χ0) is 19.3. The molecule has 140 valence electrons. The van der Waals surface area contributed by atoms with Gasteiger partial charge in [-0.2, -0.15) is 0 Å². The first-order chi connectivity index (χ1) is 12.7. The van der Waals surface area contributed by atoms with Gasteiger partial charge in [0, 0.05) is 5.56 Å². The minimum absolute atomic E-state index is 0.631. The summed E-state index contributed by atoms with van der Waals surface area (Å²) < 4.78 is 7.04. The van der Waals surface area contributed by atoms with Crippen LogP contribution in [-0.2, 0) is 17.6 Å². The van der Waals surface area contributed by atoms with Crippen molar-refractivity contribution in [1.82, 2.24) is 4.98 Å². The number of rotatable bonds is 4. The van der Waals surface area contributed by atoms with Gasteiger partial charge in [0.05, 0.1) is 10.2 Å². The van der Waals surface area contributed by atoms with E-state index in [0.29, 0.717) is 5.75 Å². The van der Waals surface area contributed by atoms with Gasteiger partial charge in [-0.25, -0.2) is 9.78 Å². The van der Waals surface area contributed by atoms with E-state index >= 15 is 0 Å². The summed E-state index contributed by atoms with van der Waals surface area (Å²) in [6, 6.07) is 8.60. The highest BCUT2D eigenvalue weighted by Gasteiger charge is 2.30. The third kappa shape index (κ3) is 3.21. The van der Waals surface area contributed by atoms with Crippen molar-refractivity contribution < 1.29 is 14.6 Å². The van der Waals surface area contributed by atoms with Crippen LogP contribution in [0.3, 0.4) is 0 Å². The zero-order valence-electron chi connectivity index (χ0n) is 16.0. The zero-order valence-corrected chi connectivity index (χ0v) is 16.9. The molecule has 0 fully saturated rings. The highest BCUT2D eigenvalue weighted by molar-refractivity contribution is 7.21. The summed E-state index contributed by atoms with van der Waals surface area (Å²) in [5.74, 6) is -0.351.